The van der Waals surface area contributed by atoms with Crippen molar-refractivity contribution in [1.82, 2.24) is 20.2 Å². The first-order chi connectivity index (χ1) is 10.3. The van der Waals surface area contributed by atoms with Crippen LogP contribution in [-0.4, -0.2) is 40.4 Å². The van der Waals surface area contributed by atoms with Crippen molar-refractivity contribution in [2.75, 3.05) is 25.2 Å². The van der Waals surface area contributed by atoms with E-state index >= 15 is 0 Å². The third-order valence-electron chi connectivity index (χ3n) is 3.16. The first-order valence-electron chi connectivity index (χ1n) is 6.46. The summed E-state index contributed by atoms with van der Waals surface area (Å²) in [5.41, 5.74) is 1.96. The van der Waals surface area contributed by atoms with Crippen LogP contribution >= 0.6 is 11.6 Å². The quantitative estimate of drug-likeness (QED) is 0.734. The molecule has 6 nitrogen and oxygen atoms in total. The van der Waals surface area contributed by atoms with E-state index in [1.54, 1.807) is 19.5 Å². The number of benzene rings is 1. The smallest absolute Gasteiger partial charge is 0.224 e. The maximum atomic E-state index is 5.91. The number of ether oxygens (including phenoxy) is 1. The standard InChI is InChI=1S/C14H14ClN5O/c1-21-8-7-20(13-5-6-16-14(15)18-13)12-4-2-3-11-10(12)9-17-19-11/h2-6,9H,7-8H2,1H3,(H,17,19). The number of nitrogens with zero attached hydrogens (tertiary/aromatic N) is 4. The molecule has 21 heavy (non-hydrogen) atoms. The number of hydrogen-bond donors (Lipinski definition) is 1. The van der Waals surface area contributed by atoms with Gasteiger partial charge in [-0.2, -0.15) is 5.10 Å². The van der Waals surface area contributed by atoms with Crippen LogP contribution < -0.4 is 4.90 Å². The van der Waals surface area contributed by atoms with Gasteiger partial charge in [0.2, 0.25) is 5.28 Å². The van der Waals surface area contributed by atoms with Crippen LogP contribution in [-0.2, 0) is 4.74 Å². The molecule has 2 aromatic heterocycles. The molecule has 0 aliphatic rings. The normalized spacial score (nSPS) is 11.0. The molecule has 0 amide bonds. The minimum atomic E-state index is 0.217. The number of H-pyrrole nitrogens is 1. The number of aromatic amines is 1. The fourth-order valence-corrected chi connectivity index (χ4v) is 2.35. The summed E-state index contributed by atoms with van der Waals surface area (Å²) in [5.74, 6) is 0.723. The summed E-state index contributed by atoms with van der Waals surface area (Å²) >= 11 is 5.91. The first kappa shape index (κ1) is 13.8. The number of rotatable bonds is 5. The predicted octanol–water partition coefficient (Wildman–Crippen LogP) is 2.79. The van der Waals surface area contributed by atoms with Crippen molar-refractivity contribution in [2.45, 2.75) is 0 Å². The van der Waals surface area contributed by atoms with Crippen LogP contribution in [0.2, 0.25) is 5.28 Å². The zero-order chi connectivity index (χ0) is 14.7. The summed E-state index contributed by atoms with van der Waals surface area (Å²) in [7, 11) is 1.67. The van der Waals surface area contributed by atoms with Gasteiger partial charge in [-0.05, 0) is 29.8 Å². The third-order valence-corrected chi connectivity index (χ3v) is 3.34. The minimum absolute atomic E-state index is 0.217. The van der Waals surface area contributed by atoms with Gasteiger partial charge < -0.3 is 9.64 Å². The van der Waals surface area contributed by atoms with Crippen LogP contribution in [0.15, 0.2) is 36.7 Å². The van der Waals surface area contributed by atoms with Gasteiger partial charge in [0, 0.05) is 25.2 Å². The summed E-state index contributed by atoms with van der Waals surface area (Å²) in [6.07, 6.45) is 3.44. The predicted molar refractivity (Wildman–Crippen MR) is 82.0 cm³/mol. The van der Waals surface area contributed by atoms with Crippen LogP contribution in [0.5, 0.6) is 0 Å². The lowest BCUT2D eigenvalue weighted by Crippen LogP contribution is -2.23. The first-order valence-corrected chi connectivity index (χ1v) is 6.84. The topological polar surface area (TPSA) is 66.9 Å². The molecule has 3 rings (SSSR count). The van der Waals surface area contributed by atoms with Crippen LogP contribution in [0.4, 0.5) is 11.5 Å². The molecule has 0 atom stereocenters. The maximum absolute atomic E-state index is 5.91. The molecule has 0 aliphatic carbocycles. The molecule has 0 fully saturated rings. The van der Waals surface area contributed by atoms with Gasteiger partial charge in [0.05, 0.1) is 24.0 Å². The van der Waals surface area contributed by atoms with E-state index in [2.05, 4.69) is 20.2 Å². The second-order valence-corrected chi connectivity index (χ2v) is 4.77. The number of hydrogen-bond acceptors (Lipinski definition) is 5. The Bertz CT molecular complexity index is 745. The van der Waals surface area contributed by atoms with E-state index in [1.807, 2.05) is 29.2 Å². The van der Waals surface area contributed by atoms with Crippen molar-refractivity contribution < 1.29 is 4.74 Å². The van der Waals surface area contributed by atoms with Crippen molar-refractivity contribution in [3.8, 4) is 0 Å². The van der Waals surface area contributed by atoms with E-state index in [-0.39, 0.29) is 5.28 Å². The lowest BCUT2D eigenvalue weighted by molar-refractivity contribution is 0.207. The highest BCUT2D eigenvalue weighted by atomic mass is 35.5. The van der Waals surface area contributed by atoms with Crippen molar-refractivity contribution in [2.24, 2.45) is 0 Å². The van der Waals surface area contributed by atoms with Gasteiger partial charge in [0.25, 0.3) is 0 Å². The number of fused-ring (bicyclic) bond motifs is 1. The minimum Gasteiger partial charge on any atom is -0.383 e. The van der Waals surface area contributed by atoms with Crippen molar-refractivity contribution in [3.05, 3.63) is 41.9 Å². The molecule has 0 saturated carbocycles. The second kappa shape index (κ2) is 6.07. The second-order valence-electron chi connectivity index (χ2n) is 4.44. The average molecular weight is 304 g/mol. The zero-order valence-corrected chi connectivity index (χ0v) is 12.2. The third kappa shape index (κ3) is 2.81. The van der Waals surface area contributed by atoms with E-state index in [9.17, 15) is 0 Å². The maximum Gasteiger partial charge on any atom is 0.224 e. The number of anilines is 2. The fourth-order valence-electron chi connectivity index (χ4n) is 2.21. The number of aromatic nitrogens is 4. The van der Waals surface area contributed by atoms with E-state index in [1.165, 1.54) is 0 Å². The van der Waals surface area contributed by atoms with Gasteiger partial charge in [0.1, 0.15) is 5.82 Å². The number of methoxy groups -OCH3 is 1. The molecule has 1 N–H and O–H groups in total. The van der Waals surface area contributed by atoms with E-state index < -0.39 is 0 Å². The molecule has 0 aliphatic heterocycles. The Labute approximate surface area is 126 Å². The monoisotopic (exact) mass is 303 g/mol. The van der Waals surface area contributed by atoms with Crippen molar-refractivity contribution >= 4 is 34.0 Å². The largest absolute Gasteiger partial charge is 0.383 e. The van der Waals surface area contributed by atoms with Crippen LogP contribution in [0.3, 0.4) is 0 Å². The van der Waals surface area contributed by atoms with Gasteiger partial charge >= 0.3 is 0 Å². The number of halogens is 1. The Morgan fingerprint density at radius 2 is 2.24 bits per heavy atom. The van der Waals surface area contributed by atoms with E-state index in [4.69, 9.17) is 16.3 Å². The SMILES string of the molecule is COCCN(c1ccnc(Cl)n1)c1cccc2[nH]ncc12. The fraction of sp³-hybridized carbons (Fsp3) is 0.214. The van der Waals surface area contributed by atoms with Gasteiger partial charge in [-0.25, -0.2) is 9.97 Å². The molecule has 0 unspecified atom stereocenters. The van der Waals surface area contributed by atoms with E-state index in [0.717, 1.165) is 22.4 Å². The Hall–Kier alpha value is -2.18. The lowest BCUT2D eigenvalue weighted by Gasteiger charge is -2.24. The Morgan fingerprint density at radius 1 is 1.33 bits per heavy atom. The summed E-state index contributed by atoms with van der Waals surface area (Å²) < 4.78 is 5.20. The van der Waals surface area contributed by atoms with Gasteiger partial charge in [-0.15, -0.1) is 0 Å². The average Bonchev–Trinajstić information content (AvgIpc) is 2.97. The van der Waals surface area contributed by atoms with Crippen LogP contribution in [0, 0.1) is 0 Å². The molecule has 0 bridgehead atoms. The van der Waals surface area contributed by atoms with Crippen molar-refractivity contribution in [3.63, 3.8) is 0 Å². The molecule has 2 heterocycles. The molecule has 1 aromatic carbocycles. The molecule has 0 saturated heterocycles. The summed E-state index contributed by atoms with van der Waals surface area (Å²) in [6.45, 7) is 1.21. The van der Waals surface area contributed by atoms with Crippen LogP contribution in [0.25, 0.3) is 10.9 Å². The van der Waals surface area contributed by atoms with Gasteiger partial charge in [0.15, 0.2) is 0 Å². The molecule has 7 heteroatoms. The zero-order valence-electron chi connectivity index (χ0n) is 11.5. The molecule has 108 valence electrons. The molecule has 0 radical (unpaired) electrons. The van der Waals surface area contributed by atoms with Gasteiger partial charge in [-0.3, -0.25) is 5.10 Å². The Balaban J connectivity index is 2.08. The molecular weight excluding hydrogens is 290 g/mol. The lowest BCUT2D eigenvalue weighted by atomic mass is 10.2. The number of nitrogens with one attached hydrogen (secondary N) is 1. The summed E-state index contributed by atoms with van der Waals surface area (Å²) in [5, 5.41) is 8.30. The highest BCUT2D eigenvalue weighted by molar-refractivity contribution is 6.28. The highest BCUT2D eigenvalue weighted by Crippen LogP contribution is 2.30. The molecule has 3 aromatic rings. The molecule has 0 spiro atoms. The highest BCUT2D eigenvalue weighted by Gasteiger charge is 2.14. The Morgan fingerprint density at radius 3 is 3.05 bits per heavy atom. The summed E-state index contributed by atoms with van der Waals surface area (Å²) in [6, 6.07) is 7.79. The summed E-state index contributed by atoms with van der Waals surface area (Å²) in [4.78, 5) is 10.3. The molecular formula is C14H14ClN5O. The van der Waals surface area contributed by atoms with Gasteiger partial charge in [-0.1, -0.05) is 6.07 Å². The Kier molecular flexibility index (Phi) is 3.98. The van der Waals surface area contributed by atoms with Crippen molar-refractivity contribution in [1.29, 1.82) is 0 Å². The van der Waals surface area contributed by atoms with E-state index in [0.29, 0.717) is 13.2 Å². The van der Waals surface area contributed by atoms with Crippen LogP contribution in [0.1, 0.15) is 0 Å².